The highest BCUT2D eigenvalue weighted by Gasteiger charge is 2.30. The Kier molecular flexibility index (Phi) is 5.53. The van der Waals surface area contributed by atoms with E-state index in [4.69, 9.17) is 20.5 Å². The summed E-state index contributed by atoms with van der Waals surface area (Å²) in [5.41, 5.74) is 1.92. The van der Waals surface area contributed by atoms with Crippen molar-refractivity contribution in [3.05, 3.63) is 82.4 Å². The fourth-order valence-corrected chi connectivity index (χ4v) is 4.51. The molecule has 3 aromatic rings. The van der Waals surface area contributed by atoms with Crippen LogP contribution in [0.4, 0.5) is 8.78 Å². The quantitative estimate of drug-likeness (QED) is 0.495. The molecule has 1 heterocycles. The summed E-state index contributed by atoms with van der Waals surface area (Å²) < 4.78 is 63.9. The van der Waals surface area contributed by atoms with Crippen molar-refractivity contribution in [2.24, 2.45) is 0 Å². The third-order valence-corrected chi connectivity index (χ3v) is 6.34. The van der Waals surface area contributed by atoms with Gasteiger partial charge in [-0.25, -0.2) is 8.78 Å². The summed E-state index contributed by atoms with van der Waals surface area (Å²) in [4.78, 5) is 0.0502. The molecule has 1 atom stereocenters. The molecule has 0 aromatic heterocycles. The lowest BCUT2D eigenvalue weighted by molar-refractivity contribution is 0.152. The van der Waals surface area contributed by atoms with E-state index in [-0.39, 0.29) is 17.1 Å². The van der Waals surface area contributed by atoms with Crippen LogP contribution in [0.25, 0.3) is 11.1 Å². The van der Waals surface area contributed by atoms with Crippen LogP contribution in [0.5, 0.6) is 5.75 Å². The SMILES string of the molecule is Cc1ccc(S(=O)(=O)OCC2Cc3cc(Cl)cc(-c4cccc(F)c4F)c3O2)cc1. The second kappa shape index (κ2) is 7.98. The highest BCUT2D eigenvalue weighted by atomic mass is 35.5. The van der Waals surface area contributed by atoms with Crippen molar-refractivity contribution in [3.63, 3.8) is 0 Å². The zero-order chi connectivity index (χ0) is 21.5. The maximum absolute atomic E-state index is 14.3. The number of hydrogen-bond donors (Lipinski definition) is 0. The molecule has 0 N–H and O–H groups in total. The summed E-state index contributed by atoms with van der Waals surface area (Å²) in [7, 11) is -3.95. The summed E-state index contributed by atoms with van der Waals surface area (Å²) in [6.45, 7) is 1.62. The normalized spacial score (nSPS) is 15.7. The minimum atomic E-state index is -3.95. The Morgan fingerprint density at radius 3 is 2.57 bits per heavy atom. The molecule has 156 valence electrons. The van der Waals surface area contributed by atoms with Crippen molar-refractivity contribution in [1.29, 1.82) is 0 Å². The van der Waals surface area contributed by atoms with Crippen LogP contribution in [0.1, 0.15) is 11.1 Å². The van der Waals surface area contributed by atoms with Gasteiger partial charge in [0.25, 0.3) is 10.1 Å². The van der Waals surface area contributed by atoms with Crippen LogP contribution in [-0.2, 0) is 20.7 Å². The number of benzene rings is 3. The van der Waals surface area contributed by atoms with Gasteiger partial charge in [-0.1, -0.05) is 41.4 Å². The number of fused-ring (bicyclic) bond motifs is 1. The van der Waals surface area contributed by atoms with Gasteiger partial charge in [0.05, 0.1) is 4.90 Å². The van der Waals surface area contributed by atoms with Crippen molar-refractivity contribution in [2.75, 3.05) is 6.61 Å². The van der Waals surface area contributed by atoms with E-state index in [1.165, 1.54) is 30.3 Å². The Labute approximate surface area is 178 Å². The summed E-state index contributed by atoms with van der Waals surface area (Å²) in [5.74, 6) is -1.65. The second-order valence-corrected chi connectivity index (χ2v) is 9.09. The summed E-state index contributed by atoms with van der Waals surface area (Å²) in [6.07, 6.45) is -0.294. The summed E-state index contributed by atoms with van der Waals surface area (Å²) >= 11 is 6.16. The average Bonchev–Trinajstić information content (AvgIpc) is 3.11. The van der Waals surface area contributed by atoms with Gasteiger partial charge in [0.1, 0.15) is 18.5 Å². The van der Waals surface area contributed by atoms with E-state index in [9.17, 15) is 17.2 Å². The molecule has 0 spiro atoms. The molecule has 1 aliphatic rings. The predicted molar refractivity (Wildman–Crippen MR) is 109 cm³/mol. The topological polar surface area (TPSA) is 52.6 Å². The number of rotatable bonds is 5. The van der Waals surface area contributed by atoms with Crippen molar-refractivity contribution < 1.29 is 26.1 Å². The first-order valence-electron chi connectivity index (χ1n) is 9.14. The van der Waals surface area contributed by atoms with Crippen LogP contribution < -0.4 is 4.74 Å². The molecule has 0 bridgehead atoms. The van der Waals surface area contributed by atoms with Gasteiger partial charge < -0.3 is 4.74 Å². The molecule has 0 aliphatic carbocycles. The maximum atomic E-state index is 14.3. The molecule has 3 aromatic carbocycles. The zero-order valence-electron chi connectivity index (χ0n) is 15.9. The average molecular weight is 451 g/mol. The Balaban J connectivity index is 1.56. The highest BCUT2D eigenvalue weighted by Crippen LogP contribution is 2.42. The highest BCUT2D eigenvalue weighted by molar-refractivity contribution is 7.86. The molecule has 1 unspecified atom stereocenters. The molecular formula is C22H17ClF2O4S. The minimum Gasteiger partial charge on any atom is -0.487 e. The summed E-state index contributed by atoms with van der Waals surface area (Å²) in [6, 6.07) is 13.3. The molecule has 30 heavy (non-hydrogen) atoms. The number of ether oxygens (including phenoxy) is 1. The smallest absolute Gasteiger partial charge is 0.297 e. The van der Waals surface area contributed by atoms with Gasteiger partial charge >= 0.3 is 0 Å². The molecule has 0 fully saturated rings. The molecule has 0 amide bonds. The lowest BCUT2D eigenvalue weighted by atomic mass is 10.00. The third kappa shape index (κ3) is 4.05. The first kappa shape index (κ1) is 20.8. The van der Waals surface area contributed by atoms with E-state index in [0.29, 0.717) is 28.3 Å². The first-order valence-corrected chi connectivity index (χ1v) is 10.9. The fourth-order valence-electron chi connectivity index (χ4n) is 3.34. The Hall–Kier alpha value is -2.48. The van der Waals surface area contributed by atoms with Gasteiger partial charge in [-0.2, -0.15) is 8.42 Å². The molecule has 4 rings (SSSR count). The molecule has 8 heteroatoms. The van der Waals surface area contributed by atoms with Crippen LogP contribution >= 0.6 is 11.6 Å². The van der Waals surface area contributed by atoms with Gasteiger partial charge in [0, 0.05) is 28.1 Å². The van der Waals surface area contributed by atoms with E-state index >= 15 is 0 Å². The first-order chi connectivity index (χ1) is 14.2. The lowest BCUT2D eigenvalue weighted by Gasteiger charge is -2.14. The number of hydrogen-bond acceptors (Lipinski definition) is 4. The van der Waals surface area contributed by atoms with Gasteiger partial charge in [0.2, 0.25) is 0 Å². The molecule has 0 saturated carbocycles. The van der Waals surface area contributed by atoms with E-state index in [2.05, 4.69) is 0 Å². The van der Waals surface area contributed by atoms with Crippen LogP contribution in [0.2, 0.25) is 5.02 Å². The van der Waals surface area contributed by atoms with Crippen molar-refractivity contribution >= 4 is 21.7 Å². The van der Waals surface area contributed by atoms with E-state index in [1.54, 1.807) is 18.2 Å². The van der Waals surface area contributed by atoms with Gasteiger partial charge in [-0.3, -0.25) is 4.18 Å². The standard InChI is InChI=1S/C22H17ClF2O4S/c1-13-5-7-17(8-6-13)30(26,27)28-12-16-10-14-9-15(23)11-19(22(14)29-16)18-3-2-4-20(24)21(18)25/h2-9,11,16H,10,12H2,1H3. The predicted octanol–water partition coefficient (Wildman–Crippen LogP) is 5.30. The lowest BCUT2D eigenvalue weighted by Crippen LogP contribution is -2.23. The maximum Gasteiger partial charge on any atom is 0.297 e. The zero-order valence-corrected chi connectivity index (χ0v) is 17.4. The molecule has 0 saturated heterocycles. The van der Waals surface area contributed by atoms with E-state index in [0.717, 1.165) is 11.6 Å². The van der Waals surface area contributed by atoms with E-state index < -0.39 is 27.9 Å². The largest absolute Gasteiger partial charge is 0.487 e. The summed E-state index contributed by atoms with van der Waals surface area (Å²) in [5, 5.41) is 0.338. The van der Waals surface area contributed by atoms with Crippen molar-refractivity contribution in [1.82, 2.24) is 0 Å². The molecule has 4 nitrogen and oxygen atoms in total. The molecule has 1 aliphatic heterocycles. The second-order valence-electron chi connectivity index (χ2n) is 7.04. The number of halogens is 3. The fraction of sp³-hybridized carbons (Fsp3) is 0.182. The Bertz CT molecular complexity index is 1210. The number of aryl methyl sites for hydroxylation is 1. The monoisotopic (exact) mass is 450 g/mol. The van der Waals surface area contributed by atoms with Crippen molar-refractivity contribution in [2.45, 2.75) is 24.3 Å². The van der Waals surface area contributed by atoms with Gasteiger partial charge in [-0.05, 0) is 37.3 Å². The van der Waals surface area contributed by atoms with Crippen LogP contribution in [0, 0.1) is 18.6 Å². The van der Waals surface area contributed by atoms with Crippen molar-refractivity contribution in [3.8, 4) is 16.9 Å². The van der Waals surface area contributed by atoms with Crippen LogP contribution in [0.3, 0.4) is 0 Å². The van der Waals surface area contributed by atoms with Gasteiger partial charge in [-0.15, -0.1) is 0 Å². The third-order valence-electron chi connectivity index (χ3n) is 4.82. The molecular weight excluding hydrogens is 434 g/mol. The molecule has 0 radical (unpaired) electrons. The van der Waals surface area contributed by atoms with Crippen LogP contribution in [0.15, 0.2) is 59.5 Å². The van der Waals surface area contributed by atoms with E-state index in [1.807, 2.05) is 6.92 Å². The Morgan fingerprint density at radius 2 is 1.83 bits per heavy atom. The minimum absolute atomic E-state index is 0.0163. The Morgan fingerprint density at radius 1 is 1.10 bits per heavy atom. The van der Waals surface area contributed by atoms with Gasteiger partial charge in [0.15, 0.2) is 11.6 Å². The van der Waals surface area contributed by atoms with Crippen LogP contribution in [-0.4, -0.2) is 21.1 Å².